The molecule has 0 aromatic heterocycles. The first kappa shape index (κ1) is 15.9. The van der Waals surface area contributed by atoms with E-state index in [1.165, 1.54) is 12.1 Å². The van der Waals surface area contributed by atoms with Gasteiger partial charge in [-0.3, -0.25) is 4.79 Å². The lowest BCUT2D eigenvalue weighted by molar-refractivity contribution is -0.142. The van der Waals surface area contributed by atoms with Gasteiger partial charge in [-0.15, -0.1) is 0 Å². The van der Waals surface area contributed by atoms with E-state index < -0.39 is 5.41 Å². The van der Waals surface area contributed by atoms with Crippen molar-refractivity contribution in [2.45, 2.75) is 24.4 Å². The number of methoxy groups -OCH3 is 1. The fourth-order valence-electron chi connectivity index (χ4n) is 3.40. The van der Waals surface area contributed by atoms with Crippen LogP contribution < -0.4 is 9.47 Å². The van der Waals surface area contributed by atoms with Crippen LogP contribution in [0, 0.1) is 5.82 Å². The first-order chi connectivity index (χ1) is 12.1. The number of amides is 1. The summed E-state index contributed by atoms with van der Waals surface area (Å²) in [5, 5.41) is 0. The van der Waals surface area contributed by atoms with E-state index in [2.05, 4.69) is 0 Å². The molecule has 2 aliphatic rings. The van der Waals surface area contributed by atoms with Gasteiger partial charge in [0.15, 0.2) is 11.5 Å². The molecule has 130 valence electrons. The summed E-state index contributed by atoms with van der Waals surface area (Å²) in [5.74, 6) is 1.24. The van der Waals surface area contributed by atoms with E-state index in [0.29, 0.717) is 24.6 Å². The lowest BCUT2D eigenvalue weighted by Gasteiger charge is -2.41. The van der Waals surface area contributed by atoms with Crippen LogP contribution in [-0.4, -0.2) is 37.1 Å². The number of rotatable bonds is 5. The number of likely N-dealkylation sites (tertiary alicyclic amines) is 1. The third kappa shape index (κ3) is 2.84. The second-order valence-electron chi connectivity index (χ2n) is 6.69. The summed E-state index contributed by atoms with van der Waals surface area (Å²) < 4.78 is 24.4. The van der Waals surface area contributed by atoms with Crippen LogP contribution >= 0.6 is 0 Å². The van der Waals surface area contributed by atoms with Gasteiger partial charge in [0.05, 0.1) is 25.6 Å². The monoisotopic (exact) mass is 341 g/mol. The molecule has 0 spiro atoms. The predicted octanol–water partition coefficient (Wildman–Crippen LogP) is 3.16. The Kier molecular flexibility index (Phi) is 3.86. The van der Waals surface area contributed by atoms with Crippen LogP contribution in [0.1, 0.15) is 18.4 Å². The maximum atomic E-state index is 13.1. The fourth-order valence-corrected chi connectivity index (χ4v) is 3.40. The summed E-state index contributed by atoms with van der Waals surface area (Å²) in [6, 6.07) is 13.8. The van der Waals surface area contributed by atoms with Crippen LogP contribution in [0.25, 0.3) is 0 Å². The summed E-state index contributed by atoms with van der Waals surface area (Å²) in [4.78, 5) is 14.7. The van der Waals surface area contributed by atoms with Crippen molar-refractivity contribution >= 4 is 5.91 Å². The minimum atomic E-state index is -0.455. The molecule has 1 aliphatic carbocycles. The van der Waals surface area contributed by atoms with Gasteiger partial charge in [-0.25, -0.2) is 4.39 Å². The van der Waals surface area contributed by atoms with E-state index >= 15 is 0 Å². The van der Waals surface area contributed by atoms with Crippen LogP contribution in [0.3, 0.4) is 0 Å². The Labute approximate surface area is 146 Å². The number of carbonyl (C=O) groups excluding carboxylic acids is 1. The van der Waals surface area contributed by atoms with Gasteiger partial charge in [-0.1, -0.05) is 24.3 Å². The summed E-state index contributed by atoms with van der Waals surface area (Å²) in [7, 11) is 1.61. The molecule has 2 aromatic rings. The highest BCUT2D eigenvalue weighted by molar-refractivity contribution is 5.92. The Hall–Kier alpha value is -2.56. The summed E-state index contributed by atoms with van der Waals surface area (Å²) in [6.07, 6.45) is 1.63. The fraction of sp³-hybridized carbons (Fsp3) is 0.350. The largest absolute Gasteiger partial charge is 0.493 e. The summed E-state index contributed by atoms with van der Waals surface area (Å²) >= 11 is 0. The van der Waals surface area contributed by atoms with Crippen molar-refractivity contribution in [3.8, 4) is 11.5 Å². The SMILES string of the molecule is COc1ccccc1OC1CN(C(=O)C2(c3ccc(F)cc3)CC2)C1. The lowest BCUT2D eigenvalue weighted by Crippen LogP contribution is -2.58. The van der Waals surface area contributed by atoms with E-state index in [1.54, 1.807) is 19.2 Å². The quantitative estimate of drug-likeness (QED) is 0.839. The molecule has 1 heterocycles. The summed E-state index contributed by atoms with van der Waals surface area (Å²) in [6.45, 7) is 1.14. The number of nitrogens with zero attached hydrogens (tertiary/aromatic N) is 1. The molecule has 0 bridgehead atoms. The van der Waals surface area contributed by atoms with Crippen molar-refractivity contribution in [2.75, 3.05) is 20.2 Å². The van der Waals surface area contributed by atoms with Gasteiger partial charge in [0.25, 0.3) is 0 Å². The molecule has 0 N–H and O–H groups in total. The third-order valence-electron chi connectivity index (χ3n) is 5.05. The molecule has 4 rings (SSSR count). The zero-order chi connectivity index (χ0) is 17.4. The molecule has 0 radical (unpaired) electrons. The molecule has 1 amide bonds. The molecule has 5 heteroatoms. The normalized spacial score (nSPS) is 18.4. The van der Waals surface area contributed by atoms with Crippen LogP contribution in [0.15, 0.2) is 48.5 Å². The highest BCUT2D eigenvalue weighted by Crippen LogP contribution is 2.50. The number of carbonyl (C=O) groups is 1. The van der Waals surface area contributed by atoms with E-state index in [0.717, 1.165) is 18.4 Å². The lowest BCUT2D eigenvalue weighted by atomic mass is 9.92. The van der Waals surface area contributed by atoms with Crippen LogP contribution in [0.5, 0.6) is 11.5 Å². The molecular formula is C20H20FNO3. The average Bonchev–Trinajstić information content (AvgIpc) is 3.40. The van der Waals surface area contributed by atoms with Crippen molar-refractivity contribution in [3.05, 3.63) is 59.9 Å². The summed E-state index contributed by atoms with van der Waals surface area (Å²) in [5.41, 5.74) is 0.455. The van der Waals surface area contributed by atoms with Crippen molar-refractivity contribution in [3.63, 3.8) is 0 Å². The van der Waals surface area contributed by atoms with Crippen molar-refractivity contribution in [1.82, 2.24) is 4.90 Å². The Morgan fingerprint density at radius 3 is 2.32 bits per heavy atom. The standard InChI is InChI=1S/C20H20FNO3/c1-24-17-4-2-3-5-18(17)25-16-12-22(13-16)19(23)20(10-11-20)14-6-8-15(21)9-7-14/h2-9,16H,10-13H2,1H3. The van der Waals surface area contributed by atoms with Crippen LogP contribution in [0.2, 0.25) is 0 Å². The number of hydrogen-bond donors (Lipinski definition) is 0. The number of benzene rings is 2. The molecule has 4 nitrogen and oxygen atoms in total. The molecule has 1 saturated carbocycles. The van der Waals surface area contributed by atoms with Gasteiger partial charge in [0.1, 0.15) is 11.9 Å². The second kappa shape index (κ2) is 6.06. The zero-order valence-corrected chi connectivity index (χ0v) is 14.1. The Morgan fingerprint density at radius 1 is 1.08 bits per heavy atom. The van der Waals surface area contributed by atoms with Crippen LogP contribution in [-0.2, 0) is 10.2 Å². The van der Waals surface area contributed by atoms with Crippen molar-refractivity contribution in [1.29, 1.82) is 0 Å². The molecule has 2 fully saturated rings. The maximum absolute atomic E-state index is 13.1. The van der Waals surface area contributed by atoms with Gasteiger partial charge in [-0.05, 0) is 42.7 Å². The topological polar surface area (TPSA) is 38.8 Å². The Bertz CT molecular complexity index is 780. The third-order valence-corrected chi connectivity index (χ3v) is 5.05. The van der Waals surface area contributed by atoms with Gasteiger partial charge in [0.2, 0.25) is 5.91 Å². The molecule has 1 saturated heterocycles. The Balaban J connectivity index is 1.39. The van der Waals surface area contributed by atoms with E-state index in [1.807, 2.05) is 29.2 Å². The number of halogens is 1. The molecular weight excluding hydrogens is 321 g/mol. The van der Waals surface area contributed by atoms with Gasteiger partial charge >= 0.3 is 0 Å². The smallest absolute Gasteiger partial charge is 0.233 e. The van der Waals surface area contributed by atoms with Gasteiger partial charge in [0, 0.05) is 0 Å². The zero-order valence-electron chi connectivity index (χ0n) is 14.1. The molecule has 1 aliphatic heterocycles. The van der Waals surface area contributed by atoms with Gasteiger partial charge < -0.3 is 14.4 Å². The number of hydrogen-bond acceptors (Lipinski definition) is 3. The first-order valence-electron chi connectivity index (χ1n) is 8.47. The van der Waals surface area contributed by atoms with Crippen LogP contribution in [0.4, 0.5) is 4.39 Å². The average molecular weight is 341 g/mol. The van der Waals surface area contributed by atoms with E-state index in [9.17, 15) is 9.18 Å². The van der Waals surface area contributed by atoms with Gasteiger partial charge in [-0.2, -0.15) is 0 Å². The minimum Gasteiger partial charge on any atom is -0.493 e. The highest BCUT2D eigenvalue weighted by atomic mass is 19.1. The van der Waals surface area contributed by atoms with Crippen molar-refractivity contribution < 1.29 is 18.7 Å². The highest BCUT2D eigenvalue weighted by Gasteiger charge is 2.54. The van der Waals surface area contributed by atoms with E-state index in [-0.39, 0.29) is 17.8 Å². The van der Waals surface area contributed by atoms with E-state index in [4.69, 9.17) is 9.47 Å². The predicted molar refractivity (Wildman–Crippen MR) is 91.3 cm³/mol. The van der Waals surface area contributed by atoms with Crippen molar-refractivity contribution in [2.24, 2.45) is 0 Å². The molecule has 25 heavy (non-hydrogen) atoms. The molecule has 0 unspecified atom stereocenters. The first-order valence-corrected chi connectivity index (χ1v) is 8.47. The second-order valence-corrected chi connectivity index (χ2v) is 6.69. The Morgan fingerprint density at radius 2 is 1.72 bits per heavy atom. The number of ether oxygens (including phenoxy) is 2. The maximum Gasteiger partial charge on any atom is 0.233 e. The molecule has 0 atom stereocenters. The minimum absolute atomic E-state index is 0.0238. The molecule has 2 aromatic carbocycles. The number of para-hydroxylation sites is 2.